The Hall–Kier alpha value is -2.33. The van der Waals surface area contributed by atoms with Gasteiger partial charge in [-0.05, 0) is 61.2 Å². The molecule has 1 aliphatic rings. The molecule has 7 nitrogen and oxygen atoms in total. The lowest BCUT2D eigenvalue weighted by Crippen LogP contribution is -2.30. The van der Waals surface area contributed by atoms with Crippen molar-refractivity contribution in [2.45, 2.75) is 43.5 Å². The van der Waals surface area contributed by atoms with Crippen LogP contribution in [0, 0.1) is 0 Å². The van der Waals surface area contributed by atoms with Crippen molar-refractivity contribution in [3.05, 3.63) is 69.1 Å². The lowest BCUT2D eigenvalue weighted by Gasteiger charge is -2.22. The summed E-state index contributed by atoms with van der Waals surface area (Å²) in [5.74, 6) is -0.394. The molecule has 4 rings (SSSR count). The van der Waals surface area contributed by atoms with Crippen molar-refractivity contribution in [3.63, 3.8) is 0 Å². The van der Waals surface area contributed by atoms with Crippen molar-refractivity contribution in [1.82, 2.24) is 14.5 Å². The number of carbonyl (C=O) groups is 1. The van der Waals surface area contributed by atoms with Gasteiger partial charge in [0.05, 0.1) is 10.9 Å². The van der Waals surface area contributed by atoms with E-state index >= 15 is 0 Å². The molecule has 32 heavy (non-hydrogen) atoms. The number of benzene rings is 2. The van der Waals surface area contributed by atoms with Gasteiger partial charge in [0.15, 0.2) is 0 Å². The standard InChI is InChI=1S/C22H23ClN4O3S2/c1-2-4-15-6-12-18(13-7-15)32(29,30)27-14-3-5-19(27)21-25-26-22(31-21)20(28)24-17-10-8-16(23)9-11-17/h6-13,19H,2-5,14H2,1H3,(H,24,28). The van der Waals surface area contributed by atoms with Gasteiger partial charge in [-0.2, -0.15) is 4.31 Å². The van der Waals surface area contributed by atoms with Gasteiger partial charge in [0.25, 0.3) is 5.91 Å². The van der Waals surface area contributed by atoms with Gasteiger partial charge in [0.1, 0.15) is 5.01 Å². The third kappa shape index (κ3) is 4.85. The molecule has 10 heteroatoms. The molecule has 1 atom stereocenters. The van der Waals surface area contributed by atoms with E-state index in [1.165, 1.54) is 4.31 Å². The Balaban J connectivity index is 1.51. The molecule has 2 heterocycles. The summed E-state index contributed by atoms with van der Waals surface area (Å²) in [6.45, 7) is 2.50. The van der Waals surface area contributed by atoms with Gasteiger partial charge in [0, 0.05) is 17.3 Å². The molecule has 0 radical (unpaired) electrons. The van der Waals surface area contributed by atoms with E-state index in [2.05, 4.69) is 22.4 Å². The Morgan fingerprint density at radius 2 is 1.88 bits per heavy atom. The van der Waals surface area contributed by atoms with Gasteiger partial charge in [-0.3, -0.25) is 4.79 Å². The Bertz CT molecular complexity index is 1190. The highest BCUT2D eigenvalue weighted by molar-refractivity contribution is 7.89. The number of aromatic nitrogens is 2. The van der Waals surface area contributed by atoms with Gasteiger partial charge < -0.3 is 5.32 Å². The number of hydrogen-bond donors (Lipinski definition) is 1. The molecule has 2 aromatic carbocycles. The minimum absolute atomic E-state index is 0.183. The van der Waals surface area contributed by atoms with Crippen LogP contribution in [0.1, 0.15) is 52.6 Å². The van der Waals surface area contributed by atoms with Crippen LogP contribution in [0.5, 0.6) is 0 Å². The Kier molecular flexibility index (Phi) is 6.90. The van der Waals surface area contributed by atoms with E-state index in [-0.39, 0.29) is 9.90 Å². The smallest absolute Gasteiger partial charge is 0.286 e. The van der Waals surface area contributed by atoms with Crippen LogP contribution >= 0.6 is 22.9 Å². The van der Waals surface area contributed by atoms with Crippen LogP contribution in [0.25, 0.3) is 0 Å². The number of carbonyl (C=O) groups excluding carboxylic acids is 1. The van der Waals surface area contributed by atoms with E-state index in [4.69, 9.17) is 11.6 Å². The largest absolute Gasteiger partial charge is 0.320 e. The average molecular weight is 491 g/mol. The fourth-order valence-electron chi connectivity index (χ4n) is 3.71. The zero-order valence-corrected chi connectivity index (χ0v) is 19.9. The van der Waals surface area contributed by atoms with Crippen molar-refractivity contribution in [2.75, 3.05) is 11.9 Å². The van der Waals surface area contributed by atoms with Crippen molar-refractivity contribution in [1.29, 1.82) is 0 Å². The van der Waals surface area contributed by atoms with E-state index in [0.29, 0.717) is 28.7 Å². The Morgan fingerprint density at radius 3 is 2.56 bits per heavy atom. The molecule has 0 aliphatic carbocycles. The molecule has 1 unspecified atom stereocenters. The summed E-state index contributed by atoms with van der Waals surface area (Å²) in [6, 6.07) is 13.4. The average Bonchev–Trinajstić information content (AvgIpc) is 3.46. The maximum Gasteiger partial charge on any atom is 0.286 e. The molecule has 0 bridgehead atoms. The molecule has 1 saturated heterocycles. The number of sulfonamides is 1. The van der Waals surface area contributed by atoms with Crippen LogP contribution in [-0.4, -0.2) is 35.4 Å². The third-order valence-electron chi connectivity index (χ3n) is 5.29. The summed E-state index contributed by atoms with van der Waals surface area (Å²) in [7, 11) is -3.67. The molecular formula is C22H23ClN4O3S2. The predicted molar refractivity (Wildman–Crippen MR) is 126 cm³/mol. The number of anilines is 1. The molecule has 1 aliphatic heterocycles. The lowest BCUT2D eigenvalue weighted by molar-refractivity contribution is 0.102. The summed E-state index contributed by atoms with van der Waals surface area (Å²) in [5, 5.41) is 12.2. The molecular weight excluding hydrogens is 468 g/mol. The molecule has 1 amide bonds. The van der Waals surface area contributed by atoms with Crippen LogP contribution in [0.2, 0.25) is 5.02 Å². The van der Waals surface area contributed by atoms with E-state index in [1.807, 2.05) is 12.1 Å². The normalized spacial score (nSPS) is 16.9. The molecule has 1 fully saturated rings. The summed E-state index contributed by atoms with van der Waals surface area (Å²) in [6.07, 6.45) is 3.29. The van der Waals surface area contributed by atoms with E-state index in [0.717, 1.165) is 36.2 Å². The number of rotatable bonds is 7. The zero-order chi connectivity index (χ0) is 22.7. The van der Waals surface area contributed by atoms with Crippen molar-refractivity contribution in [2.24, 2.45) is 0 Å². The second-order valence-corrected chi connectivity index (χ2v) is 10.9. The minimum atomic E-state index is -3.67. The second-order valence-electron chi connectivity index (χ2n) is 7.57. The van der Waals surface area contributed by atoms with E-state index in [1.54, 1.807) is 36.4 Å². The zero-order valence-electron chi connectivity index (χ0n) is 17.5. The predicted octanol–water partition coefficient (Wildman–Crippen LogP) is 4.92. The molecule has 1 aromatic heterocycles. The van der Waals surface area contributed by atoms with Crippen LogP contribution < -0.4 is 5.32 Å². The summed E-state index contributed by atoms with van der Waals surface area (Å²) < 4.78 is 28.1. The number of aryl methyl sites for hydroxylation is 1. The summed E-state index contributed by atoms with van der Waals surface area (Å²) in [4.78, 5) is 12.8. The van der Waals surface area contributed by atoms with Gasteiger partial charge in [-0.1, -0.05) is 48.4 Å². The topological polar surface area (TPSA) is 92.3 Å². The van der Waals surface area contributed by atoms with Crippen LogP contribution in [0.3, 0.4) is 0 Å². The Morgan fingerprint density at radius 1 is 1.16 bits per heavy atom. The van der Waals surface area contributed by atoms with Gasteiger partial charge in [-0.15, -0.1) is 10.2 Å². The second kappa shape index (κ2) is 9.66. The van der Waals surface area contributed by atoms with E-state index < -0.39 is 22.0 Å². The van der Waals surface area contributed by atoms with Crippen molar-refractivity contribution < 1.29 is 13.2 Å². The van der Waals surface area contributed by atoms with Crippen LogP contribution in [-0.2, 0) is 16.4 Å². The van der Waals surface area contributed by atoms with Crippen molar-refractivity contribution >= 4 is 44.6 Å². The maximum absolute atomic E-state index is 13.3. The SMILES string of the molecule is CCCc1ccc(S(=O)(=O)N2CCCC2c2nnc(C(=O)Nc3ccc(Cl)cc3)s2)cc1. The monoisotopic (exact) mass is 490 g/mol. The van der Waals surface area contributed by atoms with Gasteiger partial charge >= 0.3 is 0 Å². The highest BCUT2D eigenvalue weighted by Crippen LogP contribution is 2.37. The first-order chi connectivity index (χ1) is 15.4. The van der Waals surface area contributed by atoms with Gasteiger partial charge in [0.2, 0.25) is 15.0 Å². The number of halogens is 1. The van der Waals surface area contributed by atoms with Gasteiger partial charge in [-0.25, -0.2) is 8.42 Å². The quantitative estimate of drug-likeness (QED) is 0.507. The number of nitrogens with zero attached hydrogens (tertiary/aromatic N) is 3. The molecule has 0 saturated carbocycles. The number of hydrogen-bond acceptors (Lipinski definition) is 6. The first kappa shape index (κ1) is 22.8. The lowest BCUT2D eigenvalue weighted by atomic mass is 10.1. The fraction of sp³-hybridized carbons (Fsp3) is 0.318. The fourth-order valence-corrected chi connectivity index (χ4v) is 6.45. The third-order valence-corrected chi connectivity index (χ3v) is 8.49. The van der Waals surface area contributed by atoms with Crippen LogP contribution in [0.15, 0.2) is 53.4 Å². The maximum atomic E-state index is 13.3. The van der Waals surface area contributed by atoms with Crippen molar-refractivity contribution in [3.8, 4) is 0 Å². The highest BCUT2D eigenvalue weighted by Gasteiger charge is 2.38. The molecule has 1 N–H and O–H groups in total. The van der Waals surface area contributed by atoms with Crippen LogP contribution in [0.4, 0.5) is 5.69 Å². The minimum Gasteiger partial charge on any atom is -0.320 e. The first-order valence-corrected chi connectivity index (χ1v) is 13.0. The summed E-state index contributed by atoms with van der Waals surface area (Å²) in [5.41, 5.74) is 1.71. The molecule has 0 spiro atoms. The molecule has 168 valence electrons. The first-order valence-electron chi connectivity index (χ1n) is 10.4. The number of amides is 1. The van der Waals surface area contributed by atoms with E-state index in [9.17, 15) is 13.2 Å². The Labute approximate surface area is 196 Å². The number of nitrogens with one attached hydrogen (secondary N) is 1. The highest BCUT2D eigenvalue weighted by atomic mass is 35.5. The summed E-state index contributed by atoms with van der Waals surface area (Å²) >= 11 is 6.99. The molecule has 3 aromatic rings.